The molecule has 0 spiro atoms. The van der Waals surface area contributed by atoms with E-state index < -0.39 is 0 Å². The van der Waals surface area contributed by atoms with Gasteiger partial charge in [0.1, 0.15) is 0 Å². The van der Waals surface area contributed by atoms with E-state index in [0.29, 0.717) is 31.5 Å². The number of carbonyl (C=O) groups is 2. The number of aromatic nitrogens is 1. The third-order valence-corrected chi connectivity index (χ3v) is 4.99. The number of aryl methyl sites for hydroxylation is 3. The highest BCUT2D eigenvalue weighted by molar-refractivity contribution is 5.95. The van der Waals surface area contributed by atoms with Gasteiger partial charge in [-0.3, -0.25) is 14.6 Å². The zero-order valence-corrected chi connectivity index (χ0v) is 15.6. The molecule has 1 N–H and O–H groups in total. The van der Waals surface area contributed by atoms with Crippen LogP contribution in [0.1, 0.15) is 39.9 Å². The Morgan fingerprint density at radius 1 is 1.12 bits per heavy atom. The van der Waals surface area contributed by atoms with Crippen molar-refractivity contribution in [3.8, 4) is 0 Å². The van der Waals surface area contributed by atoms with Gasteiger partial charge in [0.25, 0.3) is 5.91 Å². The van der Waals surface area contributed by atoms with Gasteiger partial charge in [-0.05, 0) is 56.9 Å². The summed E-state index contributed by atoms with van der Waals surface area (Å²) in [5.74, 6) is -0.0243. The Labute approximate surface area is 154 Å². The van der Waals surface area contributed by atoms with Gasteiger partial charge in [0.15, 0.2) is 0 Å². The Morgan fingerprint density at radius 3 is 2.35 bits per heavy atom. The molecule has 1 aliphatic heterocycles. The SMILES string of the molecule is Cc1cc(C)c(NC(=O)C2CCN(C(=O)c3cccnc3)CC2)c(C)c1. The second-order valence-corrected chi connectivity index (χ2v) is 7.07. The van der Waals surface area contributed by atoms with E-state index in [-0.39, 0.29) is 17.7 Å². The molecule has 0 atom stereocenters. The van der Waals surface area contributed by atoms with Crippen LogP contribution < -0.4 is 5.32 Å². The van der Waals surface area contributed by atoms with Gasteiger partial charge >= 0.3 is 0 Å². The topological polar surface area (TPSA) is 62.3 Å². The van der Waals surface area contributed by atoms with Gasteiger partial charge in [-0.2, -0.15) is 0 Å². The molecule has 2 amide bonds. The number of nitrogens with zero attached hydrogens (tertiary/aromatic N) is 2. The van der Waals surface area contributed by atoms with Crippen molar-refractivity contribution in [1.29, 1.82) is 0 Å². The van der Waals surface area contributed by atoms with Crippen LogP contribution in [0, 0.1) is 26.7 Å². The number of pyridine rings is 1. The van der Waals surface area contributed by atoms with Crippen molar-refractivity contribution >= 4 is 17.5 Å². The molecule has 136 valence electrons. The quantitative estimate of drug-likeness (QED) is 0.921. The maximum Gasteiger partial charge on any atom is 0.255 e. The fourth-order valence-electron chi connectivity index (χ4n) is 3.62. The molecule has 26 heavy (non-hydrogen) atoms. The summed E-state index contributed by atoms with van der Waals surface area (Å²) in [5.41, 5.74) is 4.87. The van der Waals surface area contributed by atoms with Gasteiger partial charge in [-0.25, -0.2) is 0 Å². The number of rotatable bonds is 3. The summed E-state index contributed by atoms with van der Waals surface area (Å²) >= 11 is 0. The van der Waals surface area contributed by atoms with Gasteiger partial charge in [0.2, 0.25) is 5.91 Å². The molecule has 0 unspecified atom stereocenters. The van der Waals surface area contributed by atoms with E-state index >= 15 is 0 Å². The number of hydrogen-bond acceptors (Lipinski definition) is 3. The highest BCUT2D eigenvalue weighted by Gasteiger charge is 2.28. The van der Waals surface area contributed by atoms with E-state index in [0.717, 1.165) is 16.8 Å². The lowest BCUT2D eigenvalue weighted by Gasteiger charge is -2.31. The Balaban J connectivity index is 1.60. The summed E-state index contributed by atoms with van der Waals surface area (Å²) in [6, 6.07) is 7.70. The number of carbonyl (C=O) groups excluding carboxylic acids is 2. The average molecular weight is 351 g/mol. The fourth-order valence-corrected chi connectivity index (χ4v) is 3.62. The molecule has 1 aliphatic rings. The van der Waals surface area contributed by atoms with Crippen molar-refractivity contribution in [2.24, 2.45) is 5.92 Å². The molecule has 0 saturated carbocycles. The van der Waals surface area contributed by atoms with E-state index in [1.165, 1.54) is 5.56 Å². The molecule has 5 heteroatoms. The molecule has 3 rings (SSSR count). The van der Waals surface area contributed by atoms with Crippen LogP contribution in [0.25, 0.3) is 0 Å². The predicted octanol–water partition coefficient (Wildman–Crippen LogP) is 3.50. The van der Waals surface area contributed by atoms with E-state index in [1.54, 1.807) is 24.5 Å². The number of hydrogen-bond donors (Lipinski definition) is 1. The largest absolute Gasteiger partial charge is 0.339 e. The van der Waals surface area contributed by atoms with Crippen LogP contribution in [-0.4, -0.2) is 34.8 Å². The number of anilines is 1. The van der Waals surface area contributed by atoms with Crippen LogP contribution >= 0.6 is 0 Å². The smallest absolute Gasteiger partial charge is 0.255 e. The van der Waals surface area contributed by atoms with E-state index in [2.05, 4.69) is 29.4 Å². The summed E-state index contributed by atoms with van der Waals surface area (Å²) < 4.78 is 0. The maximum atomic E-state index is 12.7. The van der Waals surface area contributed by atoms with Gasteiger partial charge in [-0.1, -0.05) is 17.7 Å². The van der Waals surface area contributed by atoms with Crippen molar-refractivity contribution in [3.05, 3.63) is 58.9 Å². The van der Waals surface area contributed by atoms with Crippen molar-refractivity contribution in [2.45, 2.75) is 33.6 Å². The molecular formula is C21H25N3O2. The zero-order chi connectivity index (χ0) is 18.7. The number of amides is 2. The summed E-state index contributed by atoms with van der Waals surface area (Å²) in [6.07, 6.45) is 4.61. The molecule has 1 saturated heterocycles. The second kappa shape index (κ2) is 7.68. The zero-order valence-electron chi connectivity index (χ0n) is 15.6. The molecule has 0 bridgehead atoms. The van der Waals surface area contributed by atoms with Crippen molar-refractivity contribution in [1.82, 2.24) is 9.88 Å². The monoisotopic (exact) mass is 351 g/mol. The van der Waals surface area contributed by atoms with Gasteiger partial charge in [-0.15, -0.1) is 0 Å². The first-order valence-electron chi connectivity index (χ1n) is 9.03. The lowest BCUT2D eigenvalue weighted by Crippen LogP contribution is -2.41. The normalized spacial score (nSPS) is 15.0. The molecule has 1 fully saturated rings. The summed E-state index contributed by atoms with van der Waals surface area (Å²) in [6.45, 7) is 7.28. The lowest BCUT2D eigenvalue weighted by molar-refractivity contribution is -0.121. The van der Waals surface area contributed by atoms with Gasteiger partial charge in [0.05, 0.1) is 5.56 Å². The fraction of sp³-hybridized carbons (Fsp3) is 0.381. The predicted molar refractivity (Wildman–Crippen MR) is 102 cm³/mol. The van der Waals surface area contributed by atoms with E-state index in [1.807, 2.05) is 18.7 Å². The van der Waals surface area contributed by atoms with Crippen molar-refractivity contribution in [3.63, 3.8) is 0 Å². The first-order chi connectivity index (χ1) is 12.5. The highest BCUT2D eigenvalue weighted by atomic mass is 16.2. The Kier molecular flexibility index (Phi) is 5.35. The third kappa shape index (κ3) is 3.93. The molecule has 0 aliphatic carbocycles. The van der Waals surface area contributed by atoms with Crippen LogP contribution in [0.2, 0.25) is 0 Å². The number of benzene rings is 1. The Morgan fingerprint density at radius 2 is 1.77 bits per heavy atom. The number of piperidine rings is 1. The van der Waals surface area contributed by atoms with E-state index in [9.17, 15) is 9.59 Å². The average Bonchev–Trinajstić information content (AvgIpc) is 2.64. The van der Waals surface area contributed by atoms with Crippen LogP contribution in [-0.2, 0) is 4.79 Å². The molecule has 0 radical (unpaired) electrons. The minimum absolute atomic E-state index is 0.0119. The minimum atomic E-state index is -0.0620. The van der Waals surface area contributed by atoms with Crippen molar-refractivity contribution in [2.75, 3.05) is 18.4 Å². The molecular weight excluding hydrogens is 326 g/mol. The van der Waals surface area contributed by atoms with Crippen LogP contribution in [0.15, 0.2) is 36.7 Å². The van der Waals surface area contributed by atoms with Crippen LogP contribution in [0.5, 0.6) is 0 Å². The molecule has 1 aromatic carbocycles. The van der Waals surface area contributed by atoms with E-state index in [4.69, 9.17) is 0 Å². The van der Waals surface area contributed by atoms with Gasteiger partial charge < -0.3 is 10.2 Å². The molecule has 2 aromatic rings. The minimum Gasteiger partial charge on any atom is -0.339 e. The second-order valence-electron chi connectivity index (χ2n) is 7.07. The molecule has 2 heterocycles. The Bertz CT molecular complexity index is 786. The highest BCUT2D eigenvalue weighted by Crippen LogP contribution is 2.25. The maximum absolute atomic E-state index is 12.7. The van der Waals surface area contributed by atoms with Crippen molar-refractivity contribution < 1.29 is 9.59 Å². The summed E-state index contributed by atoms with van der Waals surface area (Å²) in [4.78, 5) is 31.0. The number of nitrogens with one attached hydrogen (secondary N) is 1. The van der Waals surface area contributed by atoms with Crippen LogP contribution in [0.4, 0.5) is 5.69 Å². The third-order valence-electron chi connectivity index (χ3n) is 4.99. The lowest BCUT2D eigenvalue weighted by atomic mass is 9.95. The summed E-state index contributed by atoms with van der Waals surface area (Å²) in [5, 5.41) is 3.10. The molecule has 5 nitrogen and oxygen atoms in total. The first-order valence-corrected chi connectivity index (χ1v) is 9.03. The first kappa shape index (κ1) is 18.1. The van der Waals surface area contributed by atoms with Crippen LogP contribution in [0.3, 0.4) is 0 Å². The molecule has 1 aromatic heterocycles. The van der Waals surface area contributed by atoms with Gasteiger partial charge in [0, 0.05) is 37.1 Å². The number of likely N-dealkylation sites (tertiary alicyclic amines) is 1. The summed E-state index contributed by atoms with van der Waals surface area (Å²) in [7, 11) is 0. The standard InChI is InChI=1S/C21H25N3O2/c1-14-11-15(2)19(16(3)12-14)23-20(25)17-6-9-24(10-7-17)21(26)18-5-4-8-22-13-18/h4-5,8,11-13,17H,6-7,9-10H2,1-3H3,(H,23,25). The Hall–Kier alpha value is -2.69.